The van der Waals surface area contributed by atoms with Gasteiger partial charge in [-0.2, -0.15) is 0 Å². The summed E-state index contributed by atoms with van der Waals surface area (Å²) < 4.78 is 5.41. The molecule has 5 nitrogen and oxygen atoms in total. The number of carbonyl (C=O) groups excluding carboxylic acids is 2. The minimum absolute atomic E-state index is 0.00834. The molecular formula is C19H26N2O3. The molecule has 0 bridgehead atoms. The third-order valence-electron chi connectivity index (χ3n) is 4.28. The van der Waals surface area contributed by atoms with Gasteiger partial charge in [0, 0.05) is 12.5 Å². The molecule has 5 heteroatoms. The van der Waals surface area contributed by atoms with Crippen molar-refractivity contribution in [3.05, 3.63) is 42.0 Å². The number of nitrogens with two attached hydrogens (primary N) is 1. The molecule has 1 aromatic rings. The Morgan fingerprint density at radius 2 is 2.04 bits per heavy atom. The summed E-state index contributed by atoms with van der Waals surface area (Å²) in [6, 6.07) is 7.61. The van der Waals surface area contributed by atoms with Gasteiger partial charge in [0.15, 0.2) is 0 Å². The van der Waals surface area contributed by atoms with Crippen molar-refractivity contribution >= 4 is 11.8 Å². The molecule has 0 spiro atoms. The van der Waals surface area contributed by atoms with E-state index in [1.54, 1.807) is 0 Å². The summed E-state index contributed by atoms with van der Waals surface area (Å²) in [6.45, 7) is 2.83. The zero-order chi connectivity index (χ0) is 17.4. The van der Waals surface area contributed by atoms with Gasteiger partial charge in [-0.15, -0.1) is 0 Å². The Labute approximate surface area is 143 Å². The van der Waals surface area contributed by atoms with Gasteiger partial charge in [-0.3, -0.25) is 9.59 Å². The second-order valence-electron chi connectivity index (χ2n) is 6.11. The maximum absolute atomic E-state index is 12.2. The first kappa shape index (κ1) is 18.0. The number of primary amides is 1. The molecule has 0 aliphatic heterocycles. The van der Waals surface area contributed by atoms with Crippen LogP contribution in [-0.2, 0) is 16.0 Å². The number of allylic oxidation sites excluding steroid dienone is 2. The highest BCUT2D eigenvalue weighted by atomic mass is 16.5. The molecule has 2 atom stereocenters. The topological polar surface area (TPSA) is 81.4 Å². The molecule has 130 valence electrons. The molecule has 0 saturated heterocycles. The van der Waals surface area contributed by atoms with Crippen molar-refractivity contribution in [1.82, 2.24) is 5.32 Å². The lowest BCUT2D eigenvalue weighted by Gasteiger charge is -2.20. The summed E-state index contributed by atoms with van der Waals surface area (Å²) in [5, 5.41) is 2.89. The summed E-state index contributed by atoms with van der Waals surface area (Å²) in [7, 11) is 0. The van der Waals surface area contributed by atoms with Crippen molar-refractivity contribution in [2.45, 2.75) is 32.6 Å². The lowest BCUT2D eigenvalue weighted by molar-refractivity contribution is -0.126. The van der Waals surface area contributed by atoms with Gasteiger partial charge in [0.1, 0.15) is 5.75 Å². The van der Waals surface area contributed by atoms with E-state index in [0.29, 0.717) is 13.0 Å². The van der Waals surface area contributed by atoms with E-state index in [0.717, 1.165) is 30.6 Å². The predicted molar refractivity (Wildman–Crippen MR) is 93.5 cm³/mol. The fraction of sp³-hybridized carbons (Fsp3) is 0.474. The largest absolute Gasteiger partial charge is 0.494 e. The van der Waals surface area contributed by atoms with Crippen LogP contribution >= 0.6 is 0 Å². The van der Waals surface area contributed by atoms with Crippen molar-refractivity contribution in [3.63, 3.8) is 0 Å². The third kappa shape index (κ3) is 5.41. The maximum Gasteiger partial charge on any atom is 0.223 e. The van der Waals surface area contributed by atoms with Crippen LogP contribution in [0, 0.1) is 11.8 Å². The first-order chi connectivity index (χ1) is 11.6. The minimum Gasteiger partial charge on any atom is -0.494 e. The Kier molecular flexibility index (Phi) is 6.85. The van der Waals surface area contributed by atoms with E-state index in [-0.39, 0.29) is 18.4 Å². The number of nitrogens with one attached hydrogen (secondary N) is 1. The second-order valence-corrected chi connectivity index (χ2v) is 6.11. The molecule has 0 fully saturated rings. The van der Waals surface area contributed by atoms with E-state index < -0.39 is 11.8 Å². The third-order valence-corrected chi connectivity index (χ3v) is 4.28. The summed E-state index contributed by atoms with van der Waals surface area (Å²) >= 11 is 0. The van der Waals surface area contributed by atoms with Crippen LogP contribution in [0.15, 0.2) is 36.4 Å². The van der Waals surface area contributed by atoms with Crippen LogP contribution in [0.2, 0.25) is 0 Å². The van der Waals surface area contributed by atoms with E-state index in [2.05, 4.69) is 11.4 Å². The van der Waals surface area contributed by atoms with Crippen molar-refractivity contribution in [2.75, 3.05) is 13.2 Å². The zero-order valence-electron chi connectivity index (χ0n) is 14.2. The lowest BCUT2D eigenvalue weighted by Crippen LogP contribution is -2.39. The average molecular weight is 330 g/mol. The Hall–Kier alpha value is -2.30. The number of benzene rings is 1. The molecule has 0 saturated carbocycles. The van der Waals surface area contributed by atoms with Crippen molar-refractivity contribution in [1.29, 1.82) is 0 Å². The summed E-state index contributed by atoms with van der Waals surface area (Å²) in [4.78, 5) is 23.9. The van der Waals surface area contributed by atoms with Crippen LogP contribution in [-0.4, -0.2) is 25.0 Å². The number of hydrogen-bond acceptors (Lipinski definition) is 3. The van der Waals surface area contributed by atoms with Gasteiger partial charge in [-0.25, -0.2) is 0 Å². The summed E-state index contributed by atoms with van der Waals surface area (Å²) in [6.07, 6.45) is 7.21. The molecule has 2 unspecified atom stereocenters. The molecular weight excluding hydrogens is 304 g/mol. The van der Waals surface area contributed by atoms with Gasteiger partial charge in [-0.1, -0.05) is 24.3 Å². The van der Waals surface area contributed by atoms with E-state index in [9.17, 15) is 9.59 Å². The van der Waals surface area contributed by atoms with Gasteiger partial charge >= 0.3 is 0 Å². The monoisotopic (exact) mass is 330 g/mol. The molecule has 0 aromatic heterocycles. The molecule has 0 radical (unpaired) electrons. The van der Waals surface area contributed by atoms with Gasteiger partial charge in [-0.05, 0) is 50.3 Å². The number of rotatable bonds is 8. The number of ether oxygens (including phenoxy) is 1. The fourth-order valence-corrected chi connectivity index (χ4v) is 2.85. The summed E-state index contributed by atoms with van der Waals surface area (Å²) in [5.41, 5.74) is 6.50. The lowest BCUT2D eigenvalue weighted by atomic mass is 9.93. The Bertz CT molecular complexity index is 581. The normalized spacial score (nSPS) is 18.0. The Balaban J connectivity index is 1.88. The molecule has 24 heavy (non-hydrogen) atoms. The quantitative estimate of drug-likeness (QED) is 0.717. The van der Waals surface area contributed by atoms with E-state index >= 15 is 0 Å². The summed E-state index contributed by atoms with van der Waals surface area (Å²) in [5.74, 6) is 0.0144. The predicted octanol–water partition coefficient (Wildman–Crippen LogP) is 2.20. The molecule has 2 rings (SSSR count). The number of amides is 2. The maximum atomic E-state index is 12.2. The van der Waals surface area contributed by atoms with Gasteiger partial charge in [0.2, 0.25) is 11.8 Å². The molecule has 3 N–H and O–H groups in total. The molecule has 1 aliphatic rings. The first-order valence-corrected chi connectivity index (χ1v) is 8.54. The first-order valence-electron chi connectivity index (χ1n) is 8.54. The highest BCUT2D eigenvalue weighted by Crippen LogP contribution is 2.19. The molecule has 2 amide bonds. The molecule has 1 aromatic carbocycles. The SMILES string of the molecule is CCOc1ccc(CC(CNC(=O)C2CC=CCC2)C(N)=O)cc1. The van der Waals surface area contributed by atoms with Crippen LogP contribution in [0.4, 0.5) is 0 Å². The highest BCUT2D eigenvalue weighted by molar-refractivity contribution is 5.81. The van der Waals surface area contributed by atoms with Crippen LogP contribution < -0.4 is 15.8 Å². The number of carbonyl (C=O) groups is 2. The minimum atomic E-state index is -0.411. The highest BCUT2D eigenvalue weighted by Gasteiger charge is 2.22. The molecule has 1 aliphatic carbocycles. The van der Waals surface area contributed by atoms with Crippen LogP contribution in [0.25, 0.3) is 0 Å². The van der Waals surface area contributed by atoms with Crippen LogP contribution in [0.3, 0.4) is 0 Å². The van der Waals surface area contributed by atoms with Gasteiger partial charge < -0.3 is 15.8 Å². The number of hydrogen-bond donors (Lipinski definition) is 2. The zero-order valence-corrected chi connectivity index (χ0v) is 14.2. The van der Waals surface area contributed by atoms with E-state index in [1.165, 1.54) is 0 Å². The standard InChI is InChI=1S/C19H26N2O3/c1-2-24-17-10-8-14(9-11-17)12-16(18(20)22)13-21-19(23)15-6-4-3-5-7-15/h3-4,8-11,15-16H,2,5-7,12-13H2,1H3,(H2,20,22)(H,21,23). The Morgan fingerprint density at radius 3 is 2.62 bits per heavy atom. The average Bonchev–Trinajstić information content (AvgIpc) is 2.60. The molecule has 0 heterocycles. The van der Waals surface area contributed by atoms with Gasteiger partial charge in [0.25, 0.3) is 0 Å². The smallest absolute Gasteiger partial charge is 0.223 e. The van der Waals surface area contributed by atoms with Crippen molar-refractivity contribution in [3.8, 4) is 5.75 Å². The van der Waals surface area contributed by atoms with Gasteiger partial charge in [0.05, 0.1) is 12.5 Å². The Morgan fingerprint density at radius 1 is 1.29 bits per heavy atom. The van der Waals surface area contributed by atoms with E-state index in [4.69, 9.17) is 10.5 Å². The van der Waals surface area contributed by atoms with Crippen LogP contribution in [0.5, 0.6) is 5.75 Å². The van der Waals surface area contributed by atoms with E-state index in [1.807, 2.05) is 37.3 Å². The second kappa shape index (κ2) is 9.11. The van der Waals surface area contributed by atoms with Crippen LogP contribution in [0.1, 0.15) is 31.7 Å². The fourth-order valence-electron chi connectivity index (χ4n) is 2.85. The van der Waals surface area contributed by atoms with Crippen molar-refractivity contribution in [2.24, 2.45) is 17.6 Å². The van der Waals surface area contributed by atoms with Crippen molar-refractivity contribution < 1.29 is 14.3 Å².